The predicted octanol–water partition coefficient (Wildman–Crippen LogP) is -1.58. The van der Waals surface area contributed by atoms with Gasteiger partial charge in [-0.25, -0.2) is 0 Å². The Labute approximate surface area is 65.5 Å². The molecule has 0 aromatic carbocycles. The van der Waals surface area contributed by atoms with E-state index in [4.69, 9.17) is 16.2 Å². The molecule has 0 aromatic rings. The lowest BCUT2D eigenvalue weighted by atomic mass is 9.84. The molecule has 2 rings (SSSR count). The van der Waals surface area contributed by atoms with Crippen molar-refractivity contribution in [2.24, 2.45) is 17.4 Å². The fraction of sp³-hybridized carbons (Fsp3) is 1.00. The van der Waals surface area contributed by atoms with Gasteiger partial charge in [0.25, 0.3) is 0 Å². The molecule has 5 unspecified atom stereocenters. The van der Waals surface area contributed by atoms with Crippen molar-refractivity contribution in [3.05, 3.63) is 0 Å². The predicted molar refractivity (Wildman–Crippen MR) is 39.8 cm³/mol. The van der Waals surface area contributed by atoms with Gasteiger partial charge in [0.05, 0.1) is 24.4 Å². The zero-order chi connectivity index (χ0) is 8.01. The van der Waals surface area contributed by atoms with Gasteiger partial charge in [-0.3, -0.25) is 0 Å². The molecule has 0 amide bonds. The van der Waals surface area contributed by atoms with Crippen LogP contribution in [-0.4, -0.2) is 36.0 Å². The van der Waals surface area contributed by atoms with Gasteiger partial charge in [-0.2, -0.15) is 0 Å². The first-order valence-corrected chi connectivity index (χ1v) is 4.03. The van der Waals surface area contributed by atoms with E-state index in [0.29, 0.717) is 12.5 Å². The molecule has 4 nitrogen and oxygen atoms in total. The van der Waals surface area contributed by atoms with Gasteiger partial charge in [-0.05, 0) is 13.0 Å². The number of fused-ring (bicyclic) bond motifs is 2. The molecule has 0 aromatic heterocycles. The zero-order valence-electron chi connectivity index (χ0n) is 6.31. The molecule has 0 aliphatic carbocycles. The SMILES string of the molecule is NCC1CC2OC1C(N)C2O. The molecule has 0 spiro atoms. The molecule has 2 saturated heterocycles. The summed E-state index contributed by atoms with van der Waals surface area (Å²) in [4.78, 5) is 0. The molecule has 64 valence electrons. The van der Waals surface area contributed by atoms with Gasteiger partial charge in [0.1, 0.15) is 0 Å². The summed E-state index contributed by atoms with van der Waals surface area (Å²) in [6.07, 6.45) is 0.349. The molecule has 0 saturated carbocycles. The van der Waals surface area contributed by atoms with Crippen molar-refractivity contribution < 1.29 is 9.84 Å². The summed E-state index contributed by atoms with van der Waals surface area (Å²) in [6, 6.07) is -0.220. The fourth-order valence-electron chi connectivity index (χ4n) is 2.10. The normalized spacial score (nSPS) is 55.4. The van der Waals surface area contributed by atoms with Crippen LogP contribution in [0.1, 0.15) is 6.42 Å². The minimum Gasteiger partial charge on any atom is -0.389 e. The highest BCUT2D eigenvalue weighted by molar-refractivity contribution is 5.03. The maximum absolute atomic E-state index is 9.41. The summed E-state index contributed by atoms with van der Waals surface area (Å²) >= 11 is 0. The smallest absolute Gasteiger partial charge is 0.0977 e. The number of aliphatic hydroxyl groups excluding tert-OH is 1. The van der Waals surface area contributed by atoms with Crippen LogP contribution in [0.15, 0.2) is 0 Å². The van der Waals surface area contributed by atoms with Crippen LogP contribution in [0.2, 0.25) is 0 Å². The van der Waals surface area contributed by atoms with Gasteiger partial charge in [0, 0.05) is 5.92 Å². The van der Waals surface area contributed by atoms with Crippen molar-refractivity contribution in [2.45, 2.75) is 30.8 Å². The van der Waals surface area contributed by atoms with Gasteiger partial charge in [-0.1, -0.05) is 0 Å². The second kappa shape index (κ2) is 2.42. The lowest BCUT2D eigenvalue weighted by molar-refractivity contribution is 0.0525. The second-order valence-electron chi connectivity index (χ2n) is 3.44. The van der Waals surface area contributed by atoms with Crippen molar-refractivity contribution in [1.82, 2.24) is 0 Å². The average molecular weight is 158 g/mol. The number of nitrogens with two attached hydrogens (primary N) is 2. The first kappa shape index (κ1) is 7.49. The molecular weight excluding hydrogens is 144 g/mol. The summed E-state index contributed by atoms with van der Waals surface area (Å²) < 4.78 is 5.45. The van der Waals surface area contributed by atoms with Crippen molar-refractivity contribution in [3.63, 3.8) is 0 Å². The maximum atomic E-state index is 9.41. The van der Waals surface area contributed by atoms with E-state index in [2.05, 4.69) is 0 Å². The largest absolute Gasteiger partial charge is 0.389 e. The second-order valence-corrected chi connectivity index (χ2v) is 3.44. The van der Waals surface area contributed by atoms with E-state index in [1.807, 2.05) is 0 Å². The summed E-state index contributed by atoms with van der Waals surface area (Å²) in [7, 11) is 0. The Kier molecular flexibility index (Phi) is 1.64. The van der Waals surface area contributed by atoms with Crippen molar-refractivity contribution in [2.75, 3.05) is 6.54 Å². The van der Waals surface area contributed by atoms with Crippen LogP contribution in [0, 0.1) is 5.92 Å². The summed E-state index contributed by atoms with van der Waals surface area (Å²) in [5.41, 5.74) is 11.2. The number of aliphatic hydroxyl groups is 1. The first-order valence-electron chi connectivity index (χ1n) is 4.03. The zero-order valence-corrected chi connectivity index (χ0v) is 6.31. The monoisotopic (exact) mass is 158 g/mol. The fourth-order valence-corrected chi connectivity index (χ4v) is 2.10. The Bertz CT molecular complexity index is 159. The van der Waals surface area contributed by atoms with Crippen LogP contribution in [0.3, 0.4) is 0 Å². The van der Waals surface area contributed by atoms with Crippen LogP contribution in [0.4, 0.5) is 0 Å². The molecular formula is C7H14N2O2. The Balaban J connectivity index is 2.10. The highest BCUT2D eigenvalue weighted by atomic mass is 16.5. The molecule has 2 bridgehead atoms. The Hall–Kier alpha value is -0.160. The molecule has 2 aliphatic heterocycles. The summed E-state index contributed by atoms with van der Waals surface area (Å²) in [5, 5.41) is 9.41. The van der Waals surface area contributed by atoms with Gasteiger partial charge >= 0.3 is 0 Å². The van der Waals surface area contributed by atoms with E-state index >= 15 is 0 Å². The Morgan fingerprint density at radius 1 is 1.55 bits per heavy atom. The molecule has 5 N–H and O–H groups in total. The third-order valence-electron chi connectivity index (χ3n) is 2.79. The topological polar surface area (TPSA) is 81.5 Å². The van der Waals surface area contributed by atoms with E-state index in [-0.39, 0.29) is 18.2 Å². The summed E-state index contributed by atoms with van der Waals surface area (Å²) in [5.74, 6) is 0.360. The quantitative estimate of drug-likeness (QED) is 0.430. The molecule has 2 fully saturated rings. The van der Waals surface area contributed by atoms with Crippen LogP contribution in [0.5, 0.6) is 0 Å². The van der Waals surface area contributed by atoms with Crippen LogP contribution in [0.25, 0.3) is 0 Å². The standard InChI is InChI=1S/C7H14N2O2/c8-2-3-1-4-6(10)5(9)7(3)11-4/h3-7,10H,1-2,8-9H2. The molecule has 4 heteroatoms. The van der Waals surface area contributed by atoms with Gasteiger partial charge in [-0.15, -0.1) is 0 Å². The Morgan fingerprint density at radius 3 is 2.73 bits per heavy atom. The summed E-state index contributed by atoms with van der Waals surface area (Å²) in [6.45, 7) is 0.613. The van der Waals surface area contributed by atoms with E-state index < -0.39 is 6.10 Å². The minimum atomic E-state index is -0.470. The van der Waals surface area contributed by atoms with E-state index in [1.165, 1.54) is 0 Å². The number of hydrogen-bond acceptors (Lipinski definition) is 4. The van der Waals surface area contributed by atoms with Crippen molar-refractivity contribution in [3.8, 4) is 0 Å². The first-order chi connectivity index (χ1) is 5.24. The Morgan fingerprint density at radius 2 is 2.27 bits per heavy atom. The third-order valence-corrected chi connectivity index (χ3v) is 2.79. The van der Waals surface area contributed by atoms with E-state index in [0.717, 1.165) is 6.42 Å². The highest BCUT2D eigenvalue weighted by Gasteiger charge is 2.51. The van der Waals surface area contributed by atoms with Crippen LogP contribution < -0.4 is 11.5 Å². The number of ether oxygens (including phenoxy) is 1. The third kappa shape index (κ3) is 0.906. The van der Waals surface area contributed by atoms with E-state index in [1.54, 1.807) is 0 Å². The van der Waals surface area contributed by atoms with Crippen LogP contribution >= 0.6 is 0 Å². The van der Waals surface area contributed by atoms with Crippen LogP contribution in [-0.2, 0) is 4.74 Å². The van der Waals surface area contributed by atoms with Gasteiger partial charge in [0.15, 0.2) is 0 Å². The average Bonchev–Trinajstić information content (AvgIpc) is 2.53. The van der Waals surface area contributed by atoms with Crippen molar-refractivity contribution in [1.29, 1.82) is 0 Å². The minimum absolute atomic E-state index is 0.000000000000000222. The number of hydrogen-bond donors (Lipinski definition) is 3. The number of rotatable bonds is 1. The molecule has 2 heterocycles. The van der Waals surface area contributed by atoms with Crippen molar-refractivity contribution >= 4 is 0 Å². The lowest BCUT2D eigenvalue weighted by Crippen LogP contribution is -2.48. The highest BCUT2D eigenvalue weighted by Crippen LogP contribution is 2.37. The van der Waals surface area contributed by atoms with E-state index in [9.17, 15) is 5.11 Å². The van der Waals surface area contributed by atoms with Gasteiger partial charge < -0.3 is 21.3 Å². The molecule has 2 aliphatic rings. The van der Waals surface area contributed by atoms with Gasteiger partial charge in [0.2, 0.25) is 0 Å². The lowest BCUT2D eigenvalue weighted by Gasteiger charge is -2.25. The maximum Gasteiger partial charge on any atom is 0.0977 e. The molecule has 0 radical (unpaired) electrons. The molecule has 11 heavy (non-hydrogen) atoms. The molecule has 5 atom stereocenters.